The minimum absolute atomic E-state index is 0.450. The first-order valence-electron chi connectivity index (χ1n) is 3.16. The fraction of sp³-hybridized carbons (Fsp3) is 0.125. The molecule has 0 fully saturated rings. The van der Waals surface area contributed by atoms with Gasteiger partial charge in [0.1, 0.15) is 5.75 Å². The van der Waals surface area contributed by atoms with Crippen LogP contribution in [0.25, 0.3) is 0 Å². The summed E-state index contributed by atoms with van der Waals surface area (Å²) >= 11 is 4.34. The van der Waals surface area contributed by atoms with E-state index in [1.54, 1.807) is 12.1 Å². The van der Waals surface area contributed by atoms with Crippen LogP contribution in [0.4, 0.5) is 0 Å². The molecule has 1 N–H and O–H groups in total. The summed E-state index contributed by atoms with van der Waals surface area (Å²) in [5, 5.41) is 8.13. The molecule has 0 amide bonds. The van der Waals surface area contributed by atoms with Crippen LogP contribution < -0.4 is 4.74 Å². The van der Waals surface area contributed by atoms with Gasteiger partial charge in [-0.05, 0) is 19.1 Å². The van der Waals surface area contributed by atoms with E-state index in [4.69, 9.17) is 9.84 Å². The number of hydrogen-bond donors (Lipinski definition) is 1. The summed E-state index contributed by atoms with van der Waals surface area (Å²) in [6, 6.07) is 7.26. The van der Waals surface area contributed by atoms with Crippen molar-refractivity contribution in [2.75, 3.05) is 0 Å². The third kappa shape index (κ3) is 2.55. The molecule has 0 spiro atoms. The first kappa shape index (κ1) is 8.01. The van der Waals surface area contributed by atoms with E-state index in [1.165, 1.54) is 0 Å². The van der Waals surface area contributed by atoms with Crippen LogP contribution in [-0.2, 0) is 0 Å². The fourth-order valence-corrected chi connectivity index (χ4v) is 0.803. The highest BCUT2D eigenvalue weighted by Gasteiger charge is 1.94. The van der Waals surface area contributed by atoms with Crippen LogP contribution in [0.5, 0.6) is 5.75 Å². The summed E-state index contributed by atoms with van der Waals surface area (Å²) < 4.78 is 4.76. The monoisotopic (exact) mass is 168 g/mol. The second-order valence-corrected chi connectivity index (χ2v) is 2.53. The van der Waals surface area contributed by atoms with E-state index < -0.39 is 5.24 Å². The predicted octanol–water partition coefficient (Wildman–Crippen LogP) is 2.22. The van der Waals surface area contributed by atoms with Crippen LogP contribution in [0.15, 0.2) is 24.3 Å². The van der Waals surface area contributed by atoms with Gasteiger partial charge < -0.3 is 9.84 Å². The smallest absolute Gasteiger partial charge is 0.355 e. The zero-order valence-electron chi connectivity index (χ0n) is 6.07. The van der Waals surface area contributed by atoms with Crippen molar-refractivity contribution in [1.82, 2.24) is 0 Å². The van der Waals surface area contributed by atoms with E-state index >= 15 is 0 Å². The van der Waals surface area contributed by atoms with Gasteiger partial charge in [-0.2, -0.15) is 0 Å². The van der Waals surface area contributed by atoms with E-state index in [0.29, 0.717) is 5.75 Å². The third-order valence-corrected chi connectivity index (χ3v) is 1.31. The molecule has 0 aromatic heterocycles. The summed E-state index contributed by atoms with van der Waals surface area (Å²) in [4.78, 5) is 0. The molecular formula is C8H8O2S. The second kappa shape index (κ2) is 3.34. The number of aryl methyl sites for hydroxylation is 1. The largest absolute Gasteiger partial charge is 0.472 e. The molecular weight excluding hydrogens is 160 g/mol. The van der Waals surface area contributed by atoms with Gasteiger partial charge in [-0.25, -0.2) is 0 Å². The molecule has 0 aliphatic carbocycles. The zero-order valence-corrected chi connectivity index (χ0v) is 6.89. The molecule has 2 nitrogen and oxygen atoms in total. The van der Waals surface area contributed by atoms with Crippen LogP contribution in [0.2, 0.25) is 0 Å². The van der Waals surface area contributed by atoms with Crippen LogP contribution in [0, 0.1) is 6.92 Å². The maximum absolute atomic E-state index is 8.58. The van der Waals surface area contributed by atoms with Crippen LogP contribution in [0.3, 0.4) is 0 Å². The van der Waals surface area contributed by atoms with Crippen molar-refractivity contribution in [2.24, 2.45) is 0 Å². The molecule has 0 radical (unpaired) electrons. The Hall–Kier alpha value is -1.09. The van der Waals surface area contributed by atoms with Crippen molar-refractivity contribution < 1.29 is 9.84 Å². The summed E-state index contributed by atoms with van der Waals surface area (Å²) in [6.07, 6.45) is 0. The van der Waals surface area contributed by atoms with Gasteiger partial charge in [-0.3, -0.25) is 0 Å². The summed E-state index contributed by atoms with van der Waals surface area (Å²) in [7, 11) is 0. The lowest BCUT2D eigenvalue weighted by atomic mass is 10.2. The average Bonchev–Trinajstić information content (AvgIpc) is 1.93. The van der Waals surface area contributed by atoms with E-state index in [0.717, 1.165) is 5.56 Å². The van der Waals surface area contributed by atoms with Gasteiger partial charge in [0.25, 0.3) is 0 Å². The highest BCUT2D eigenvalue weighted by atomic mass is 32.1. The topological polar surface area (TPSA) is 29.5 Å². The Balaban J connectivity index is 2.74. The maximum atomic E-state index is 8.58. The number of benzene rings is 1. The molecule has 0 saturated carbocycles. The first-order chi connectivity index (χ1) is 5.18. The fourth-order valence-electron chi connectivity index (χ4n) is 0.707. The van der Waals surface area contributed by atoms with E-state index in [-0.39, 0.29) is 0 Å². The normalized spacial score (nSPS) is 9.18. The van der Waals surface area contributed by atoms with Crippen molar-refractivity contribution in [3.63, 3.8) is 0 Å². The Kier molecular flexibility index (Phi) is 2.44. The number of aliphatic hydroxyl groups is 1. The minimum Gasteiger partial charge on any atom is -0.472 e. The molecule has 0 unspecified atom stereocenters. The lowest BCUT2D eigenvalue weighted by Gasteiger charge is -2.00. The lowest BCUT2D eigenvalue weighted by molar-refractivity contribution is 0.395. The number of rotatable bonds is 1. The van der Waals surface area contributed by atoms with Gasteiger partial charge in [-0.15, -0.1) is 0 Å². The van der Waals surface area contributed by atoms with E-state index in [2.05, 4.69) is 12.2 Å². The highest BCUT2D eigenvalue weighted by Crippen LogP contribution is 2.11. The molecule has 3 heteroatoms. The minimum atomic E-state index is -0.450. The molecule has 0 bridgehead atoms. The second-order valence-electron chi connectivity index (χ2n) is 2.18. The van der Waals surface area contributed by atoms with Gasteiger partial charge >= 0.3 is 5.24 Å². The average molecular weight is 168 g/mol. The Morgan fingerprint density at radius 3 is 2.36 bits per heavy atom. The van der Waals surface area contributed by atoms with Gasteiger partial charge in [0.2, 0.25) is 0 Å². The zero-order chi connectivity index (χ0) is 8.27. The summed E-state index contributed by atoms with van der Waals surface area (Å²) in [5.74, 6) is 0.558. The SMILES string of the molecule is Cc1ccc(OC(O)=S)cc1. The molecule has 11 heavy (non-hydrogen) atoms. The summed E-state index contributed by atoms with van der Waals surface area (Å²) in [5.41, 5.74) is 1.14. The highest BCUT2D eigenvalue weighted by molar-refractivity contribution is 7.79. The maximum Gasteiger partial charge on any atom is 0.355 e. The predicted molar refractivity (Wildman–Crippen MR) is 47.0 cm³/mol. The molecule has 0 atom stereocenters. The van der Waals surface area contributed by atoms with E-state index in [1.807, 2.05) is 19.1 Å². The number of ether oxygens (including phenoxy) is 1. The number of thiocarbonyl (C=S) groups is 1. The van der Waals surface area contributed by atoms with Crippen molar-refractivity contribution in [1.29, 1.82) is 0 Å². The van der Waals surface area contributed by atoms with Gasteiger partial charge in [0.15, 0.2) is 0 Å². The number of hydrogen-bond acceptors (Lipinski definition) is 2. The quantitative estimate of drug-likeness (QED) is 0.652. The lowest BCUT2D eigenvalue weighted by Crippen LogP contribution is -2.01. The molecule has 1 aromatic rings. The Bertz CT molecular complexity index is 253. The van der Waals surface area contributed by atoms with Gasteiger partial charge in [0.05, 0.1) is 0 Å². The number of aliphatic hydroxyl groups excluding tert-OH is 1. The molecule has 0 saturated heterocycles. The Morgan fingerprint density at radius 1 is 1.36 bits per heavy atom. The van der Waals surface area contributed by atoms with Crippen LogP contribution >= 0.6 is 12.2 Å². The molecule has 58 valence electrons. The third-order valence-electron chi connectivity index (χ3n) is 1.23. The first-order valence-corrected chi connectivity index (χ1v) is 3.57. The molecule has 1 rings (SSSR count). The Morgan fingerprint density at radius 2 is 1.91 bits per heavy atom. The summed E-state index contributed by atoms with van der Waals surface area (Å²) in [6.45, 7) is 1.97. The van der Waals surface area contributed by atoms with Crippen molar-refractivity contribution in [3.05, 3.63) is 29.8 Å². The van der Waals surface area contributed by atoms with Crippen molar-refractivity contribution in [3.8, 4) is 5.75 Å². The molecule has 0 heterocycles. The standard InChI is InChI=1S/C8H8O2S/c1-6-2-4-7(5-3-6)10-8(9)11/h2-5H,1H3,(H,9,11). The molecule has 0 aliphatic rings. The van der Waals surface area contributed by atoms with Crippen LogP contribution in [0.1, 0.15) is 5.56 Å². The van der Waals surface area contributed by atoms with Crippen molar-refractivity contribution >= 4 is 17.5 Å². The van der Waals surface area contributed by atoms with Gasteiger partial charge in [0, 0.05) is 12.2 Å². The van der Waals surface area contributed by atoms with Crippen molar-refractivity contribution in [2.45, 2.75) is 6.92 Å². The molecule has 0 aliphatic heterocycles. The molecule has 1 aromatic carbocycles. The van der Waals surface area contributed by atoms with Gasteiger partial charge in [-0.1, -0.05) is 17.7 Å². The van der Waals surface area contributed by atoms with E-state index in [9.17, 15) is 0 Å². The van der Waals surface area contributed by atoms with Crippen LogP contribution in [-0.4, -0.2) is 10.3 Å². The Labute approximate surface area is 70.4 Å².